The van der Waals surface area contributed by atoms with E-state index in [4.69, 9.17) is 0 Å². The summed E-state index contributed by atoms with van der Waals surface area (Å²) in [7, 11) is -3.15. The third-order valence-electron chi connectivity index (χ3n) is 5.32. The Balaban J connectivity index is 1.77. The van der Waals surface area contributed by atoms with Crippen molar-refractivity contribution in [3.05, 3.63) is 59.4 Å². The monoisotopic (exact) mass is 339 g/mol. The van der Waals surface area contributed by atoms with Gasteiger partial charge in [0.25, 0.3) is 0 Å². The van der Waals surface area contributed by atoms with Gasteiger partial charge >= 0.3 is 0 Å². The average molecular weight is 339 g/mol. The van der Waals surface area contributed by atoms with Crippen LogP contribution in [0.25, 0.3) is 11.1 Å². The van der Waals surface area contributed by atoms with Crippen molar-refractivity contribution in [3.63, 3.8) is 0 Å². The van der Waals surface area contributed by atoms with Gasteiger partial charge in [0.1, 0.15) is 0 Å². The SMILES string of the molecule is Cc1ccc(C2=C(c3ccc(S(C)(=O)=O)cc3)CC3(CC3)C2)cn1. The molecule has 0 unspecified atom stereocenters. The maximum absolute atomic E-state index is 11.7. The van der Waals surface area contributed by atoms with E-state index in [2.05, 4.69) is 17.1 Å². The van der Waals surface area contributed by atoms with Crippen molar-refractivity contribution in [2.45, 2.75) is 37.5 Å². The molecule has 0 aliphatic heterocycles. The molecule has 4 heteroatoms. The number of hydrogen-bond acceptors (Lipinski definition) is 3. The Morgan fingerprint density at radius 1 is 0.917 bits per heavy atom. The molecule has 1 fully saturated rings. The minimum Gasteiger partial charge on any atom is -0.261 e. The van der Waals surface area contributed by atoms with Gasteiger partial charge in [-0.2, -0.15) is 0 Å². The van der Waals surface area contributed by atoms with Crippen molar-refractivity contribution in [1.29, 1.82) is 0 Å². The van der Waals surface area contributed by atoms with Crippen molar-refractivity contribution in [2.24, 2.45) is 5.41 Å². The second-order valence-electron chi connectivity index (χ2n) is 7.30. The molecule has 1 spiro atoms. The summed E-state index contributed by atoms with van der Waals surface area (Å²) in [5.74, 6) is 0. The van der Waals surface area contributed by atoms with Crippen LogP contribution in [0.4, 0.5) is 0 Å². The number of nitrogens with zero attached hydrogens (tertiary/aromatic N) is 1. The molecular weight excluding hydrogens is 318 g/mol. The fourth-order valence-corrected chi connectivity index (χ4v) is 4.29. The van der Waals surface area contributed by atoms with E-state index in [9.17, 15) is 8.42 Å². The molecule has 0 bridgehead atoms. The third-order valence-corrected chi connectivity index (χ3v) is 6.44. The predicted octanol–water partition coefficient (Wildman–Crippen LogP) is 4.28. The van der Waals surface area contributed by atoms with Gasteiger partial charge in [0.2, 0.25) is 0 Å². The number of allylic oxidation sites excluding steroid dienone is 2. The second-order valence-corrected chi connectivity index (χ2v) is 9.31. The Morgan fingerprint density at radius 3 is 2.00 bits per heavy atom. The lowest BCUT2D eigenvalue weighted by molar-refractivity contribution is 0.568. The van der Waals surface area contributed by atoms with E-state index in [1.807, 2.05) is 25.3 Å². The van der Waals surface area contributed by atoms with Gasteiger partial charge in [-0.3, -0.25) is 4.98 Å². The highest BCUT2D eigenvalue weighted by Crippen LogP contribution is 2.63. The number of hydrogen-bond donors (Lipinski definition) is 0. The Bertz CT molecular complexity index is 919. The van der Waals surface area contributed by atoms with Gasteiger partial charge < -0.3 is 0 Å². The van der Waals surface area contributed by atoms with Crippen LogP contribution in [0.15, 0.2) is 47.5 Å². The fourth-order valence-electron chi connectivity index (χ4n) is 3.66. The van der Waals surface area contributed by atoms with Crippen LogP contribution in [0, 0.1) is 12.3 Å². The number of sulfone groups is 1. The van der Waals surface area contributed by atoms with Crippen LogP contribution >= 0.6 is 0 Å². The first-order valence-electron chi connectivity index (χ1n) is 8.32. The van der Waals surface area contributed by atoms with E-state index in [0.717, 1.165) is 24.1 Å². The lowest BCUT2D eigenvalue weighted by Crippen LogP contribution is -1.97. The quantitative estimate of drug-likeness (QED) is 0.838. The summed E-state index contributed by atoms with van der Waals surface area (Å²) in [6.45, 7) is 2.00. The van der Waals surface area contributed by atoms with Crippen molar-refractivity contribution >= 4 is 21.0 Å². The van der Waals surface area contributed by atoms with Gasteiger partial charge in [-0.05, 0) is 78.5 Å². The predicted molar refractivity (Wildman–Crippen MR) is 96.2 cm³/mol. The molecule has 2 aromatic rings. The van der Waals surface area contributed by atoms with Crippen molar-refractivity contribution in [2.75, 3.05) is 6.26 Å². The highest BCUT2D eigenvalue weighted by molar-refractivity contribution is 7.90. The minimum atomic E-state index is -3.15. The highest BCUT2D eigenvalue weighted by Gasteiger charge is 2.48. The summed E-state index contributed by atoms with van der Waals surface area (Å²) in [6, 6.07) is 11.6. The first-order chi connectivity index (χ1) is 11.4. The van der Waals surface area contributed by atoms with E-state index in [1.165, 1.54) is 35.8 Å². The van der Waals surface area contributed by atoms with E-state index in [0.29, 0.717) is 10.3 Å². The number of pyridine rings is 1. The maximum Gasteiger partial charge on any atom is 0.175 e. The Kier molecular flexibility index (Phi) is 3.43. The van der Waals surface area contributed by atoms with Crippen LogP contribution in [0.1, 0.15) is 42.5 Å². The number of aryl methyl sites for hydroxylation is 1. The second kappa shape index (κ2) is 5.28. The molecule has 0 amide bonds. The fraction of sp³-hybridized carbons (Fsp3) is 0.350. The molecule has 1 heterocycles. The third kappa shape index (κ3) is 2.80. The minimum absolute atomic E-state index is 0.379. The summed E-state index contributed by atoms with van der Waals surface area (Å²) >= 11 is 0. The Hall–Kier alpha value is -1.94. The molecule has 4 rings (SSSR count). The van der Waals surface area contributed by atoms with Crippen LogP contribution in [0.3, 0.4) is 0 Å². The van der Waals surface area contributed by atoms with Gasteiger partial charge in [0.15, 0.2) is 9.84 Å². The average Bonchev–Trinajstić information content (AvgIpc) is 3.19. The van der Waals surface area contributed by atoms with Crippen LogP contribution < -0.4 is 0 Å². The normalized spacial score (nSPS) is 19.1. The zero-order valence-corrected chi connectivity index (χ0v) is 14.9. The largest absolute Gasteiger partial charge is 0.261 e. The lowest BCUT2D eigenvalue weighted by Gasteiger charge is -2.09. The van der Waals surface area contributed by atoms with E-state index in [-0.39, 0.29) is 0 Å². The summed E-state index contributed by atoms with van der Waals surface area (Å²) in [5.41, 5.74) is 6.56. The van der Waals surface area contributed by atoms with Crippen molar-refractivity contribution < 1.29 is 8.42 Å². The molecule has 124 valence electrons. The molecule has 0 atom stereocenters. The molecule has 1 aromatic heterocycles. The number of rotatable bonds is 3. The topological polar surface area (TPSA) is 47.0 Å². The molecule has 1 aromatic carbocycles. The molecule has 0 radical (unpaired) electrons. The number of aromatic nitrogens is 1. The van der Waals surface area contributed by atoms with Gasteiger partial charge in [-0.15, -0.1) is 0 Å². The molecule has 2 aliphatic rings. The van der Waals surface area contributed by atoms with Crippen LogP contribution in [0.2, 0.25) is 0 Å². The number of benzene rings is 1. The molecule has 2 aliphatic carbocycles. The van der Waals surface area contributed by atoms with Crippen LogP contribution in [0.5, 0.6) is 0 Å². The Labute approximate surface area is 143 Å². The molecule has 0 saturated heterocycles. The first-order valence-corrected chi connectivity index (χ1v) is 10.2. The standard InChI is InChI=1S/C20H21NO2S/c1-14-3-4-16(13-21-14)19-12-20(9-10-20)11-18(19)15-5-7-17(8-6-15)24(2,22)23/h3-8,13H,9-12H2,1-2H3. The van der Waals surface area contributed by atoms with Crippen LogP contribution in [-0.2, 0) is 9.84 Å². The zero-order chi connectivity index (χ0) is 16.9. The van der Waals surface area contributed by atoms with E-state index >= 15 is 0 Å². The first kappa shape index (κ1) is 15.6. The van der Waals surface area contributed by atoms with Crippen molar-refractivity contribution in [3.8, 4) is 0 Å². The summed E-state index contributed by atoms with van der Waals surface area (Å²) in [6.07, 6.45) is 8.01. The van der Waals surface area contributed by atoms with Gasteiger partial charge in [-0.25, -0.2) is 8.42 Å². The molecule has 3 nitrogen and oxygen atoms in total. The van der Waals surface area contributed by atoms with Crippen molar-refractivity contribution in [1.82, 2.24) is 4.98 Å². The summed E-state index contributed by atoms with van der Waals surface area (Å²) < 4.78 is 23.4. The van der Waals surface area contributed by atoms with E-state index in [1.54, 1.807) is 12.1 Å². The van der Waals surface area contributed by atoms with Crippen LogP contribution in [-0.4, -0.2) is 19.7 Å². The molecule has 1 saturated carbocycles. The highest BCUT2D eigenvalue weighted by atomic mass is 32.2. The van der Waals surface area contributed by atoms with E-state index < -0.39 is 9.84 Å². The molecule has 0 N–H and O–H groups in total. The maximum atomic E-state index is 11.7. The summed E-state index contributed by atoms with van der Waals surface area (Å²) in [4.78, 5) is 4.83. The smallest absolute Gasteiger partial charge is 0.175 e. The van der Waals surface area contributed by atoms with Gasteiger partial charge in [0, 0.05) is 18.1 Å². The zero-order valence-electron chi connectivity index (χ0n) is 14.0. The molecular formula is C20H21NO2S. The molecule has 24 heavy (non-hydrogen) atoms. The Morgan fingerprint density at radius 2 is 1.50 bits per heavy atom. The lowest BCUT2D eigenvalue weighted by atomic mass is 9.98. The van der Waals surface area contributed by atoms with Gasteiger partial charge in [-0.1, -0.05) is 18.2 Å². The van der Waals surface area contributed by atoms with Gasteiger partial charge in [0.05, 0.1) is 4.90 Å². The summed E-state index contributed by atoms with van der Waals surface area (Å²) in [5, 5.41) is 0.